The highest BCUT2D eigenvalue weighted by Gasteiger charge is 2.11. The maximum Gasteiger partial charge on any atom is 0.274 e. The summed E-state index contributed by atoms with van der Waals surface area (Å²) in [7, 11) is 1.80. The normalized spacial score (nSPS) is 10.3. The van der Waals surface area contributed by atoms with Gasteiger partial charge in [-0.15, -0.1) is 0 Å². The number of carbonyl (C=O) groups excluding carboxylic acids is 1. The number of hydrogen-bond donors (Lipinski definition) is 2. The Bertz CT molecular complexity index is 784. The van der Waals surface area contributed by atoms with Crippen LogP contribution in [0, 0.1) is 0 Å². The molecule has 0 bridgehead atoms. The minimum Gasteiger partial charge on any atom is -0.373 e. The van der Waals surface area contributed by atoms with Crippen molar-refractivity contribution in [3.8, 4) is 0 Å². The first kappa shape index (κ1) is 13.1. The Morgan fingerprint density at radius 2 is 1.71 bits per heavy atom. The van der Waals surface area contributed by atoms with E-state index < -0.39 is 0 Å². The smallest absolute Gasteiger partial charge is 0.274 e. The fourth-order valence-electron chi connectivity index (χ4n) is 2.22. The molecule has 4 nitrogen and oxygen atoms in total. The second-order valence-corrected chi connectivity index (χ2v) is 4.65. The van der Waals surface area contributed by atoms with Gasteiger partial charge in [0.1, 0.15) is 11.5 Å². The van der Waals surface area contributed by atoms with Crippen molar-refractivity contribution >= 4 is 28.2 Å². The molecule has 3 rings (SSSR count). The van der Waals surface area contributed by atoms with Crippen LogP contribution >= 0.6 is 0 Å². The zero-order valence-corrected chi connectivity index (χ0v) is 11.6. The van der Waals surface area contributed by atoms with Crippen LogP contribution in [0.2, 0.25) is 0 Å². The van der Waals surface area contributed by atoms with Gasteiger partial charge in [-0.1, -0.05) is 42.5 Å². The van der Waals surface area contributed by atoms with Crippen LogP contribution in [0.1, 0.15) is 10.5 Å². The topological polar surface area (TPSA) is 54.0 Å². The Hall–Kier alpha value is -2.88. The van der Waals surface area contributed by atoms with Gasteiger partial charge in [-0.25, -0.2) is 4.98 Å². The molecule has 0 aliphatic heterocycles. The van der Waals surface area contributed by atoms with E-state index in [-0.39, 0.29) is 5.91 Å². The van der Waals surface area contributed by atoms with E-state index in [1.54, 1.807) is 13.1 Å². The summed E-state index contributed by atoms with van der Waals surface area (Å²) in [6.45, 7) is 0. The number of fused-ring (bicyclic) bond motifs is 1. The highest BCUT2D eigenvalue weighted by atomic mass is 16.1. The first-order valence-corrected chi connectivity index (χ1v) is 6.72. The molecule has 1 amide bonds. The van der Waals surface area contributed by atoms with Crippen molar-refractivity contribution in [3.63, 3.8) is 0 Å². The molecule has 0 unspecified atom stereocenters. The first-order valence-electron chi connectivity index (χ1n) is 6.72. The van der Waals surface area contributed by atoms with Crippen LogP contribution in [0.3, 0.4) is 0 Å². The second kappa shape index (κ2) is 5.63. The monoisotopic (exact) mass is 277 g/mol. The van der Waals surface area contributed by atoms with Crippen molar-refractivity contribution in [1.29, 1.82) is 0 Å². The number of nitrogens with zero attached hydrogens (tertiary/aromatic N) is 1. The number of pyridine rings is 1. The Kier molecular flexibility index (Phi) is 3.51. The van der Waals surface area contributed by atoms with Crippen molar-refractivity contribution in [3.05, 3.63) is 66.4 Å². The van der Waals surface area contributed by atoms with Crippen LogP contribution in [0.25, 0.3) is 10.8 Å². The number of hydrogen-bond acceptors (Lipinski definition) is 3. The van der Waals surface area contributed by atoms with Crippen LogP contribution in [-0.4, -0.2) is 17.9 Å². The lowest BCUT2D eigenvalue weighted by Crippen LogP contribution is -2.14. The molecule has 0 aliphatic carbocycles. The van der Waals surface area contributed by atoms with Crippen molar-refractivity contribution in [2.45, 2.75) is 0 Å². The molecule has 0 aliphatic rings. The SMILES string of the molecule is CNc1nc(C(=O)Nc2ccccc2)cc2ccccc12. The maximum absolute atomic E-state index is 12.3. The lowest BCUT2D eigenvalue weighted by Gasteiger charge is -2.09. The maximum atomic E-state index is 12.3. The molecule has 0 saturated carbocycles. The summed E-state index contributed by atoms with van der Waals surface area (Å²) in [5.74, 6) is 0.481. The summed E-state index contributed by atoms with van der Waals surface area (Å²) in [5.41, 5.74) is 1.14. The molecule has 2 aromatic carbocycles. The van der Waals surface area contributed by atoms with Crippen molar-refractivity contribution in [1.82, 2.24) is 4.98 Å². The van der Waals surface area contributed by atoms with Crippen LogP contribution < -0.4 is 10.6 Å². The Labute approximate surface area is 122 Å². The lowest BCUT2D eigenvalue weighted by molar-refractivity contribution is 0.102. The molecular weight excluding hydrogens is 262 g/mol. The average molecular weight is 277 g/mol. The van der Waals surface area contributed by atoms with E-state index in [4.69, 9.17) is 0 Å². The molecule has 4 heteroatoms. The molecule has 21 heavy (non-hydrogen) atoms. The van der Waals surface area contributed by atoms with Crippen molar-refractivity contribution in [2.75, 3.05) is 17.7 Å². The zero-order chi connectivity index (χ0) is 14.7. The summed E-state index contributed by atoms with van der Waals surface area (Å²) >= 11 is 0. The minimum atomic E-state index is -0.219. The van der Waals surface area contributed by atoms with Crippen LogP contribution in [0.5, 0.6) is 0 Å². The van der Waals surface area contributed by atoms with Crippen molar-refractivity contribution in [2.24, 2.45) is 0 Å². The molecule has 0 spiro atoms. The van der Waals surface area contributed by atoms with Crippen LogP contribution in [0.15, 0.2) is 60.7 Å². The second-order valence-electron chi connectivity index (χ2n) is 4.65. The highest BCUT2D eigenvalue weighted by molar-refractivity contribution is 6.06. The molecule has 1 heterocycles. The van der Waals surface area contributed by atoms with Gasteiger partial charge in [0.15, 0.2) is 0 Å². The van der Waals surface area contributed by atoms with Gasteiger partial charge in [-0.3, -0.25) is 4.79 Å². The molecule has 0 fully saturated rings. The van der Waals surface area contributed by atoms with E-state index >= 15 is 0 Å². The van der Waals surface area contributed by atoms with Gasteiger partial charge in [-0.2, -0.15) is 0 Å². The predicted molar refractivity (Wildman–Crippen MR) is 85.7 cm³/mol. The fourth-order valence-corrected chi connectivity index (χ4v) is 2.22. The minimum absolute atomic E-state index is 0.219. The average Bonchev–Trinajstić information content (AvgIpc) is 2.54. The largest absolute Gasteiger partial charge is 0.373 e. The number of nitrogens with one attached hydrogen (secondary N) is 2. The van der Waals surface area contributed by atoms with E-state index in [0.717, 1.165) is 16.5 Å². The van der Waals surface area contributed by atoms with E-state index in [2.05, 4.69) is 15.6 Å². The van der Waals surface area contributed by atoms with Crippen LogP contribution in [-0.2, 0) is 0 Å². The molecule has 104 valence electrons. The first-order chi connectivity index (χ1) is 10.3. The lowest BCUT2D eigenvalue weighted by atomic mass is 10.1. The number of benzene rings is 2. The van der Waals surface area contributed by atoms with Gasteiger partial charge in [0.2, 0.25) is 0 Å². The number of amides is 1. The standard InChI is InChI=1S/C17H15N3O/c1-18-16-14-10-6-5-7-12(14)11-15(20-16)17(21)19-13-8-3-2-4-9-13/h2-11H,1H3,(H,18,20)(H,19,21). The summed E-state index contributed by atoms with van der Waals surface area (Å²) in [5, 5.41) is 7.86. The molecule has 2 N–H and O–H groups in total. The quantitative estimate of drug-likeness (QED) is 0.770. The van der Waals surface area contributed by atoms with Gasteiger partial charge in [0.05, 0.1) is 0 Å². The molecule has 1 aromatic heterocycles. The summed E-state index contributed by atoms with van der Waals surface area (Å²) in [6.07, 6.45) is 0. The highest BCUT2D eigenvalue weighted by Crippen LogP contribution is 2.22. The zero-order valence-electron chi connectivity index (χ0n) is 11.6. The van der Waals surface area contributed by atoms with Gasteiger partial charge < -0.3 is 10.6 Å². The fraction of sp³-hybridized carbons (Fsp3) is 0.0588. The van der Waals surface area contributed by atoms with E-state index in [1.165, 1.54) is 0 Å². The molecule has 3 aromatic rings. The van der Waals surface area contributed by atoms with Crippen LogP contribution in [0.4, 0.5) is 11.5 Å². The Morgan fingerprint density at radius 1 is 1.00 bits per heavy atom. The van der Waals surface area contributed by atoms with E-state index in [0.29, 0.717) is 11.5 Å². The Morgan fingerprint density at radius 3 is 2.48 bits per heavy atom. The third-order valence-electron chi connectivity index (χ3n) is 3.24. The third kappa shape index (κ3) is 2.69. The third-order valence-corrected chi connectivity index (χ3v) is 3.24. The summed E-state index contributed by atoms with van der Waals surface area (Å²) < 4.78 is 0. The molecular formula is C17H15N3O. The number of aromatic nitrogens is 1. The number of rotatable bonds is 3. The van der Waals surface area contributed by atoms with Gasteiger partial charge in [0, 0.05) is 18.1 Å². The summed E-state index contributed by atoms with van der Waals surface area (Å²) in [6, 6.07) is 19.0. The van der Waals surface area contributed by atoms with Gasteiger partial charge >= 0.3 is 0 Å². The van der Waals surface area contributed by atoms with Gasteiger partial charge in [-0.05, 0) is 23.6 Å². The van der Waals surface area contributed by atoms with E-state index in [9.17, 15) is 4.79 Å². The molecule has 0 atom stereocenters. The predicted octanol–water partition coefficient (Wildman–Crippen LogP) is 3.53. The summed E-state index contributed by atoms with van der Waals surface area (Å²) in [4.78, 5) is 16.7. The van der Waals surface area contributed by atoms with E-state index in [1.807, 2.05) is 54.6 Å². The van der Waals surface area contributed by atoms with Crippen molar-refractivity contribution < 1.29 is 4.79 Å². The van der Waals surface area contributed by atoms with Gasteiger partial charge in [0.25, 0.3) is 5.91 Å². The number of carbonyl (C=O) groups is 1. The number of para-hydroxylation sites is 1. The molecule has 0 radical (unpaired) electrons. The molecule has 0 saturated heterocycles. The Balaban J connectivity index is 1.98. The number of anilines is 2.